The van der Waals surface area contributed by atoms with Crippen molar-refractivity contribution in [3.8, 4) is 5.75 Å². The van der Waals surface area contributed by atoms with Crippen molar-refractivity contribution in [2.75, 3.05) is 19.0 Å². The molecule has 0 aliphatic carbocycles. The number of nitrogens with zero attached hydrogens (tertiary/aromatic N) is 1. The molecule has 0 saturated heterocycles. The maximum atomic E-state index is 13.3. The van der Waals surface area contributed by atoms with Crippen LogP contribution in [0.2, 0.25) is 0 Å². The smallest absolute Gasteiger partial charge is 0.244 e. The van der Waals surface area contributed by atoms with Crippen LogP contribution in [-0.4, -0.2) is 30.5 Å². The van der Waals surface area contributed by atoms with Crippen molar-refractivity contribution in [3.63, 3.8) is 0 Å². The van der Waals surface area contributed by atoms with Crippen LogP contribution in [0.3, 0.4) is 0 Å². The van der Waals surface area contributed by atoms with Crippen molar-refractivity contribution in [1.82, 2.24) is 4.90 Å². The first-order valence-electron chi connectivity index (χ1n) is 8.48. The number of benzene rings is 2. The van der Waals surface area contributed by atoms with Gasteiger partial charge in [-0.05, 0) is 43.2 Å². The Morgan fingerprint density at radius 1 is 1.24 bits per heavy atom. The van der Waals surface area contributed by atoms with E-state index < -0.39 is 6.04 Å². The van der Waals surface area contributed by atoms with Crippen molar-refractivity contribution < 1.29 is 13.9 Å². The van der Waals surface area contributed by atoms with E-state index in [0.717, 1.165) is 23.4 Å². The highest BCUT2D eigenvalue weighted by atomic mass is 19.1. The average Bonchev–Trinajstić information content (AvgIpc) is 2.59. The third-order valence-electron chi connectivity index (χ3n) is 3.75. The van der Waals surface area contributed by atoms with Gasteiger partial charge in [0.15, 0.2) is 0 Å². The van der Waals surface area contributed by atoms with Crippen molar-refractivity contribution in [2.24, 2.45) is 0 Å². The second-order valence-electron chi connectivity index (χ2n) is 6.07. The summed E-state index contributed by atoms with van der Waals surface area (Å²) in [6, 6.07) is 13.4. The first-order valence-corrected chi connectivity index (χ1v) is 8.48. The average molecular weight is 344 g/mol. The highest BCUT2D eigenvalue weighted by Gasteiger charge is 2.17. The fourth-order valence-electron chi connectivity index (χ4n) is 2.52. The molecular weight excluding hydrogens is 319 g/mol. The molecule has 134 valence electrons. The SMILES string of the molecule is CCCOc1cccc(N[C@@H](C)C(=O)N(C)Cc2cccc(F)c2)c1. The van der Waals surface area contributed by atoms with Crippen molar-refractivity contribution in [2.45, 2.75) is 32.9 Å². The Bertz CT molecular complexity index is 706. The molecule has 0 bridgehead atoms. The Labute approximate surface area is 148 Å². The monoisotopic (exact) mass is 344 g/mol. The fourth-order valence-corrected chi connectivity index (χ4v) is 2.52. The molecule has 2 rings (SSSR count). The van der Waals surface area contributed by atoms with Gasteiger partial charge in [0.2, 0.25) is 5.91 Å². The third kappa shape index (κ3) is 5.78. The zero-order valence-electron chi connectivity index (χ0n) is 15.0. The van der Waals surface area contributed by atoms with Crippen LogP contribution in [0.1, 0.15) is 25.8 Å². The highest BCUT2D eigenvalue weighted by molar-refractivity contribution is 5.84. The van der Waals surface area contributed by atoms with Gasteiger partial charge in [-0.1, -0.05) is 25.1 Å². The van der Waals surface area contributed by atoms with E-state index in [1.165, 1.54) is 12.1 Å². The number of anilines is 1. The number of rotatable bonds is 8. The van der Waals surface area contributed by atoms with Gasteiger partial charge < -0.3 is 15.0 Å². The van der Waals surface area contributed by atoms with E-state index in [1.54, 1.807) is 24.1 Å². The summed E-state index contributed by atoms with van der Waals surface area (Å²) < 4.78 is 18.9. The Hall–Kier alpha value is -2.56. The van der Waals surface area contributed by atoms with Crippen molar-refractivity contribution in [1.29, 1.82) is 0 Å². The Morgan fingerprint density at radius 3 is 2.72 bits per heavy atom. The van der Waals surface area contributed by atoms with Crippen LogP contribution in [0.15, 0.2) is 48.5 Å². The molecule has 0 spiro atoms. The summed E-state index contributed by atoms with van der Waals surface area (Å²) in [5.74, 6) is 0.414. The molecule has 2 aromatic rings. The summed E-state index contributed by atoms with van der Waals surface area (Å²) in [6.07, 6.45) is 0.942. The zero-order chi connectivity index (χ0) is 18.2. The van der Waals surface area contributed by atoms with Gasteiger partial charge in [-0.25, -0.2) is 4.39 Å². The number of hydrogen-bond donors (Lipinski definition) is 1. The summed E-state index contributed by atoms with van der Waals surface area (Å²) >= 11 is 0. The van der Waals surface area contributed by atoms with E-state index in [0.29, 0.717) is 13.2 Å². The van der Waals surface area contributed by atoms with Crippen LogP contribution in [0, 0.1) is 5.82 Å². The molecule has 0 saturated carbocycles. The first kappa shape index (κ1) is 18.8. The molecule has 0 aliphatic rings. The van der Waals surface area contributed by atoms with E-state index in [9.17, 15) is 9.18 Å². The number of nitrogens with one attached hydrogen (secondary N) is 1. The van der Waals surface area contributed by atoms with Crippen LogP contribution in [0.4, 0.5) is 10.1 Å². The summed E-state index contributed by atoms with van der Waals surface area (Å²) in [7, 11) is 1.71. The van der Waals surface area contributed by atoms with Gasteiger partial charge in [0.25, 0.3) is 0 Å². The van der Waals surface area contributed by atoms with Gasteiger partial charge in [0.1, 0.15) is 17.6 Å². The lowest BCUT2D eigenvalue weighted by Gasteiger charge is -2.23. The van der Waals surface area contributed by atoms with Crippen molar-refractivity contribution >= 4 is 11.6 Å². The molecule has 0 heterocycles. The minimum Gasteiger partial charge on any atom is -0.494 e. The number of likely N-dealkylation sites (N-methyl/N-ethyl adjacent to an activating group) is 1. The predicted octanol–water partition coefficient (Wildman–Crippen LogP) is 4.07. The molecule has 1 N–H and O–H groups in total. The van der Waals surface area contributed by atoms with Gasteiger partial charge >= 0.3 is 0 Å². The van der Waals surface area contributed by atoms with Crippen molar-refractivity contribution in [3.05, 3.63) is 59.9 Å². The molecule has 0 unspecified atom stereocenters. The van der Waals surface area contributed by atoms with Crippen LogP contribution in [0.25, 0.3) is 0 Å². The summed E-state index contributed by atoms with van der Waals surface area (Å²) in [4.78, 5) is 14.1. The quantitative estimate of drug-likeness (QED) is 0.785. The topological polar surface area (TPSA) is 41.6 Å². The number of carbonyl (C=O) groups excluding carboxylic acids is 1. The molecule has 0 aliphatic heterocycles. The van der Waals surface area contributed by atoms with E-state index >= 15 is 0 Å². The summed E-state index contributed by atoms with van der Waals surface area (Å²) in [5.41, 5.74) is 1.59. The van der Waals surface area contributed by atoms with Crippen LogP contribution >= 0.6 is 0 Å². The molecule has 5 heteroatoms. The Balaban J connectivity index is 1.95. The molecule has 1 atom stereocenters. The molecule has 2 aromatic carbocycles. The lowest BCUT2D eigenvalue weighted by molar-refractivity contribution is -0.130. The number of amides is 1. The Kier molecular flexibility index (Phi) is 6.81. The largest absolute Gasteiger partial charge is 0.494 e. The number of carbonyl (C=O) groups is 1. The fraction of sp³-hybridized carbons (Fsp3) is 0.350. The van der Waals surface area contributed by atoms with Crippen LogP contribution in [0.5, 0.6) is 5.75 Å². The molecule has 1 amide bonds. The van der Waals surface area contributed by atoms with Gasteiger partial charge in [-0.15, -0.1) is 0 Å². The number of ether oxygens (including phenoxy) is 1. The van der Waals surface area contributed by atoms with Gasteiger partial charge in [-0.2, -0.15) is 0 Å². The van der Waals surface area contributed by atoms with E-state index in [-0.39, 0.29) is 11.7 Å². The lowest BCUT2D eigenvalue weighted by Crippen LogP contribution is -2.38. The molecular formula is C20H25FN2O2. The third-order valence-corrected chi connectivity index (χ3v) is 3.75. The normalized spacial score (nSPS) is 11.7. The molecule has 0 radical (unpaired) electrons. The first-order chi connectivity index (χ1) is 12.0. The maximum absolute atomic E-state index is 13.3. The van der Waals surface area contributed by atoms with Crippen LogP contribution in [-0.2, 0) is 11.3 Å². The summed E-state index contributed by atoms with van der Waals surface area (Å²) in [6.45, 7) is 4.89. The molecule has 0 aromatic heterocycles. The highest BCUT2D eigenvalue weighted by Crippen LogP contribution is 2.19. The van der Waals surface area contributed by atoms with Gasteiger partial charge in [-0.3, -0.25) is 4.79 Å². The second kappa shape index (κ2) is 9.06. The molecule has 4 nitrogen and oxygen atoms in total. The summed E-state index contributed by atoms with van der Waals surface area (Å²) in [5, 5.41) is 3.19. The maximum Gasteiger partial charge on any atom is 0.244 e. The Morgan fingerprint density at radius 2 is 2.00 bits per heavy atom. The number of hydrogen-bond acceptors (Lipinski definition) is 3. The van der Waals surface area contributed by atoms with E-state index in [4.69, 9.17) is 4.74 Å². The lowest BCUT2D eigenvalue weighted by atomic mass is 10.2. The van der Waals surface area contributed by atoms with E-state index in [1.807, 2.05) is 31.2 Å². The minimum atomic E-state index is -0.403. The van der Waals surface area contributed by atoms with Gasteiger partial charge in [0.05, 0.1) is 6.61 Å². The number of halogens is 1. The minimum absolute atomic E-state index is 0.0656. The zero-order valence-corrected chi connectivity index (χ0v) is 15.0. The standard InChI is InChI=1S/C20H25FN2O2/c1-4-11-25-19-10-6-9-18(13-19)22-15(2)20(24)23(3)14-16-7-5-8-17(21)12-16/h5-10,12-13,15,22H,4,11,14H2,1-3H3/t15-/m0/s1. The molecule has 25 heavy (non-hydrogen) atoms. The second-order valence-corrected chi connectivity index (χ2v) is 6.07. The molecule has 0 fully saturated rings. The van der Waals surface area contributed by atoms with E-state index in [2.05, 4.69) is 12.2 Å². The predicted molar refractivity (Wildman–Crippen MR) is 98.2 cm³/mol. The van der Waals surface area contributed by atoms with Gasteiger partial charge in [0, 0.05) is 25.3 Å². The van der Waals surface area contributed by atoms with Crippen LogP contribution < -0.4 is 10.1 Å².